The van der Waals surface area contributed by atoms with E-state index in [1.807, 2.05) is 13.8 Å². The van der Waals surface area contributed by atoms with Crippen molar-refractivity contribution in [1.82, 2.24) is 4.90 Å². The fraction of sp³-hybridized carbons (Fsp3) is 0.286. The number of nitro benzene ring substituents is 1. The van der Waals surface area contributed by atoms with Crippen molar-refractivity contribution in [3.63, 3.8) is 0 Å². The summed E-state index contributed by atoms with van der Waals surface area (Å²) >= 11 is 6.23. The number of benzene rings is 2. The fourth-order valence-electron chi connectivity index (χ4n) is 2.74. The average molecular weight is 419 g/mol. The zero-order valence-corrected chi connectivity index (χ0v) is 17.5. The molecule has 7 nitrogen and oxygen atoms in total. The molecular weight excluding hydrogens is 396 g/mol. The molecule has 0 aliphatic carbocycles. The lowest BCUT2D eigenvalue weighted by molar-refractivity contribution is -0.384. The van der Waals surface area contributed by atoms with Crippen LogP contribution in [0.2, 0.25) is 5.02 Å². The third-order valence-electron chi connectivity index (χ3n) is 4.45. The van der Waals surface area contributed by atoms with Crippen molar-refractivity contribution in [3.05, 3.63) is 68.7 Å². The molecule has 1 amide bonds. The third kappa shape index (κ3) is 5.48. The Balaban J connectivity index is 2.19. The van der Waals surface area contributed by atoms with Gasteiger partial charge in [-0.15, -0.1) is 0 Å². The molecule has 0 saturated heterocycles. The largest absolute Gasteiger partial charge is 0.491 e. The van der Waals surface area contributed by atoms with Gasteiger partial charge in [0.1, 0.15) is 0 Å². The van der Waals surface area contributed by atoms with E-state index in [0.717, 1.165) is 0 Å². The first kappa shape index (κ1) is 22.2. The SMILES string of the molecule is CCOc1cc(/C=C/C(=O)N(C)[C@H](C)c2cccc([N+](=O)[O-])c2)cc(Cl)c1OC. The molecule has 0 fully saturated rings. The van der Waals surface area contributed by atoms with E-state index < -0.39 is 4.92 Å². The van der Waals surface area contributed by atoms with Crippen LogP contribution in [0.15, 0.2) is 42.5 Å². The highest BCUT2D eigenvalue weighted by Crippen LogP contribution is 2.36. The van der Waals surface area contributed by atoms with Crippen molar-refractivity contribution in [1.29, 1.82) is 0 Å². The third-order valence-corrected chi connectivity index (χ3v) is 4.73. The molecule has 0 N–H and O–H groups in total. The van der Waals surface area contributed by atoms with Gasteiger partial charge in [-0.05, 0) is 43.2 Å². The van der Waals surface area contributed by atoms with Gasteiger partial charge in [0.2, 0.25) is 5.91 Å². The Morgan fingerprint density at radius 1 is 1.34 bits per heavy atom. The van der Waals surface area contributed by atoms with Crippen LogP contribution in [0, 0.1) is 10.1 Å². The normalized spacial score (nSPS) is 11.9. The minimum Gasteiger partial charge on any atom is -0.491 e. The Morgan fingerprint density at radius 2 is 2.07 bits per heavy atom. The first-order valence-corrected chi connectivity index (χ1v) is 9.35. The van der Waals surface area contributed by atoms with Gasteiger partial charge >= 0.3 is 0 Å². The topological polar surface area (TPSA) is 81.9 Å². The fourth-order valence-corrected chi connectivity index (χ4v) is 3.04. The number of hydrogen-bond acceptors (Lipinski definition) is 5. The molecule has 0 unspecified atom stereocenters. The first-order valence-electron chi connectivity index (χ1n) is 8.98. The Morgan fingerprint density at radius 3 is 2.69 bits per heavy atom. The molecule has 1 atom stereocenters. The van der Waals surface area contributed by atoms with Gasteiger partial charge in [0.15, 0.2) is 11.5 Å². The smallest absolute Gasteiger partial charge is 0.269 e. The van der Waals surface area contributed by atoms with Crippen molar-refractivity contribution in [2.24, 2.45) is 0 Å². The van der Waals surface area contributed by atoms with Gasteiger partial charge < -0.3 is 14.4 Å². The molecule has 0 aliphatic heterocycles. The molecule has 0 spiro atoms. The highest BCUT2D eigenvalue weighted by atomic mass is 35.5. The van der Waals surface area contributed by atoms with Crippen LogP contribution < -0.4 is 9.47 Å². The molecule has 2 aromatic rings. The molecule has 0 bridgehead atoms. The summed E-state index contributed by atoms with van der Waals surface area (Å²) in [4.78, 5) is 24.6. The molecule has 8 heteroatoms. The number of halogens is 1. The predicted molar refractivity (Wildman–Crippen MR) is 112 cm³/mol. The van der Waals surface area contributed by atoms with E-state index in [-0.39, 0.29) is 17.6 Å². The maximum atomic E-state index is 12.6. The molecule has 0 radical (unpaired) electrons. The van der Waals surface area contributed by atoms with Crippen molar-refractivity contribution >= 4 is 29.3 Å². The number of non-ortho nitro benzene ring substituents is 1. The zero-order valence-electron chi connectivity index (χ0n) is 16.7. The van der Waals surface area contributed by atoms with Crippen molar-refractivity contribution in [2.45, 2.75) is 19.9 Å². The van der Waals surface area contributed by atoms with Gasteiger partial charge in [-0.3, -0.25) is 14.9 Å². The second-order valence-corrected chi connectivity index (χ2v) is 6.68. The minimum absolute atomic E-state index is 0.0120. The first-order chi connectivity index (χ1) is 13.8. The van der Waals surface area contributed by atoms with E-state index in [1.54, 1.807) is 37.4 Å². The van der Waals surface area contributed by atoms with Crippen LogP contribution in [-0.4, -0.2) is 36.5 Å². The molecule has 2 aromatic carbocycles. The highest BCUT2D eigenvalue weighted by molar-refractivity contribution is 6.32. The molecule has 2 rings (SSSR count). The number of methoxy groups -OCH3 is 1. The van der Waals surface area contributed by atoms with E-state index in [1.165, 1.54) is 30.2 Å². The van der Waals surface area contributed by atoms with Gasteiger partial charge in [-0.1, -0.05) is 23.7 Å². The second kappa shape index (κ2) is 9.93. The number of nitro groups is 1. The van der Waals surface area contributed by atoms with Gasteiger partial charge in [0, 0.05) is 25.3 Å². The highest BCUT2D eigenvalue weighted by Gasteiger charge is 2.18. The lowest BCUT2D eigenvalue weighted by Crippen LogP contribution is -2.28. The van der Waals surface area contributed by atoms with Crippen molar-refractivity contribution < 1.29 is 19.2 Å². The minimum atomic E-state index is -0.457. The lowest BCUT2D eigenvalue weighted by Gasteiger charge is -2.24. The summed E-state index contributed by atoms with van der Waals surface area (Å²) in [6, 6.07) is 9.32. The van der Waals surface area contributed by atoms with Crippen LogP contribution in [0.25, 0.3) is 6.08 Å². The van der Waals surface area contributed by atoms with Gasteiger partial charge in [0.25, 0.3) is 5.69 Å². The van der Waals surface area contributed by atoms with Crippen LogP contribution in [-0.2, 0) is 4.79 Å². The maximum absolute atomic E-state index is 12.6. The molecule has 0 aliphatic rings. The number of amides is 1. The number of nitrogens with zero attached hydrogens (tertiary/aromatic N) is 2. The number of carbonyl (C=O) groups is 1. The van der Waals surface area contributed by atoms with Crippen molar-refractivity contribution in [3.8, 4) is 11.5 Å². The molecular formula is C21H23ClN2O5. The Labute approximate surface area is 174 Å². The van der Waals surface area contributed by atoms with Crippen LogP contribution in [0.1, 0.15) is 31.0 Å². The Bertz CT molecular complexity index is 929. The number of rotatable bonds is 8. The molecule has 0 heterocycles. The van der Waals surface area contributed by atoms with E-state index in [4.69, 9.17) is 21.1 Å². The van der Waals surface area contributed by atoms with Crippen LogP contribution in [0.4, 0.5) is 5.69 Å². The summed E-state index contributed by atoms with van der Waals surface area (Å²) in [7, 11) is 3.15. The molecule has 0 aromatic heterocycles. The number of carbonyl (C=O) groups excluding carboxylic acids is 1. The number of ether oxygens (including phenoxy) is 2. The van der Waals surface area contributed by atoms with Crippen LogP contribution in [0.3, 0.4) is 0 Å². The van der Waals surface area contributed by atoms with E-state index in [9.17, 15) is 14.9 Å². The quantitative estimate of drug-likeness (QED) is 0.346. The van der Waals surface area contributed by atoms with E-state index in [2.05, 4.69) is 0 Å². The Hall–Kier alpha value is -3.06. The zero-order chi connectivity index (χ0) is 21.6. The molecule has 0 saturated carbocycles. The predicted octanol–water partition coefficient (Wildman–Crippen LogP) is 4.89. The summed E-state index contributed by atoms with van der Waals surface area (Å²) in [5, 5.41) is 11.3. The van der Waals surface area contributed by atoms with Gasteiger partial charge in [0.05, 0.1) is 29.7 Å². The standard InChI is InChI=1S/C21H23ClN2O5/c1-5-29-19-12-15(11-18(22)21(19)28-4)9-10-20(25)23(3)14(2)16-7-6-8-17(13-16)24(26)27/h6-14H,5H2,1-4H3/b10-9+/t14-/m1/s1. The summed E-state index contributed by atoms with van der Waals surface area (Å²) < 4.78 is 10.8. The number of likely N-dealkylation sites (N-methyl/N-ethyl adjacent to an activating group) is 1. The summed E-state index contributed by atoms with van der Waals surface area (Å²) in [5.41, 5.74) is 1.35. The van der Waals surface area contributed by atoms with Crippen molar-refractivity contribution in [2.75, 3.05) is 20.8 Å². The summed E-state index contributed by atoms with van der Waals surface area (Å²) in [6.45, 7) is 4.11. The van der Waals surface area contributed by atoms with Gasteiger partial charge in [-0.25, -0.2) is 0 Å². The Kier molecular flexibility index (Phi) is 7.61. The second-order valence-electron chi connectivity index (χ2n) is 6.28. The molecule has 29 heavy (non-hydrogen) atoms. The average Bonchev–Trinajstić information content (AvgIpc) is 2.71. The van der Waals surface area contributed by atoms with E-state index in [0.29, 0.717) is 34.3 Å². The number of hydrogen-bond donors (Lipinski definition) is 0. The van der Waals surface area contributed by atoms with Crippen LogP contribution in [0.5, 0.6) is 11.5 Å². The molecule has 154 valence electrons. The monoisotopic (exact) mass is 418 g/mol. The summed E-state index contributed by atoms with van der Waals surface area (Å²) in [6.07, 6.45) is 3.05. The van der Waals surface area contributed by atoms with E-state index >= 15 is 0 Å². The maximum Gasteiger partial charge on any atom is 0.269 e. The van der Waals surface area contributed by atoms with Crippen LogP contribution >= 0.6 is 11.6 Å². The summed E-state index contributed by atoms with van der Waals surface area (Å²) in [5.74, 6) is 0.676. The van der Waals surface area contributed by atoms with Gasteiger partial charge in [-0.2, -0.15) is 0 Å². The lowest BCUT2D eigenvalue weighted by atomic mass is 10.1.